The molecule has 0 amide bonds. The molecule has 0 aliphatic rings. The lowest BCUT2D eigenvalue weighted by Crippen LogP contribution is -2.10. The van der Waals surface area contributed by atoms with E-state index in [0.29, 0.717) is 12.8 Å². The summed E-state index contributed by atoms with van der Waals surface area (Å²) in [5.74, 6) is 1.63. The average Bonchev–Trinajstić information content (AvgIpc) is 2.67. The van der Waals surface area contributed by atoms with Crippen LogP contribution in [-0.2, 0) is 4.74 Å². The molecule has 25 heavy (non-hydrogen) atoms. The number of rotatable bonds is 10. The molecule has 0 radical (unpaired) electrons. The smallest absolute Gasteiger partial charge is 0.119 e. The van der Waals surface area contributed by atoms with Gasteiger partial charge in [-0.1, -0.05) is 36.4 Å². The minimum absolute atomic E-state index is 0.108. The normalized spacial score (nSPS) is 12.9. The van der Waals surface area contributed by atoms with Gasteiger partial charge < -0.3 is 14.2 Å². The van der Waals surface area contributed by atoms with E-state index in [1.807, 2.05) is 60.7 Å². The summed E-state index contributed by atoms with van der Waals surface area (Å²) in [6.45, 7) is 7.74. The Kier molecular flexibility index (Phi) is 7.30. The highest BCUT2D eigenvalue weighted by atomic mass is 16.5. The molecule has 0 bridgehead atoms. The van der Waals surface area contributed by atoms with Gasteiger partial charge in [0.2, 0.25) is 0 Å². The van der Waals surface area contributed by atoms with Gasteiger partial charge in [-0.15, -0.1) is 13.2 Å². The van der Waals surface area contributed by atoms with Crippen molar-refractivity contribution in [2.45, 2.75) is 25.0 Å². The van der Waals surface area contributed by atoms with E-state index >= 15 is 0 Å². The van der Waals surface area contributed by atoms with Crippen molar-refractivity contribution in [2.75, 3.05) is 14.2 Å². The maximum atomic E-state index is 6.45. The summed E-state index contributed by atoms with van der Waals surface area (Å²) in [6, 6.07) is 15.9. The molecule has 0 N–H and O–H groups in total. The van der Waals surface area contributed by atoms with Crippen LogP contribution in [0.1, 0.15) is 36.2 Å². The van der Waals surface area contributed by atoms with Gasteiger partial charge in [0, 0.05) is 0 Å². The SMILES string of the molecule is C=CCC(OC(CC=C)c1cccc(OC)c1)c1cccc(OC)c1. The topological polar surface area (TPSA) is 27.7 Å². The first-order chi connectivity index (χ1) is 12.2. The predicted octanol–water partition coefficient (Wildman–Crippen LogP) is 5.66. The average molecular weight is 338 g/mol. The Balaban J connectivity index is 2.29. The van der Waals surface area contributed by atoms with E-state index in [0.717, 1.165) is 22.6 Å². The molecule has 2 aromatic carbocycles. The van der Waals surface area contributed by atoms with Crippen LogP contribution < -0.4 is 9.47 Å². The van der Waals surface area contributed by atoms with Gasteiger partial charge >= 0.3 is 0 Å². The maximum Gasteiger partial charge on any atom is 0.119 e. The Morgan fingerprint density at radius 2 is 1.24 bits per heavy atom. The molecule has 0 saturated carbocycles. The Hall–Kier alpha value is -2.52. The number of hydrogen-bond acceptors (Lipinski definition) is 3. The Morgan fingerprint density at radius 1 is 0.800 bits per heavy atom. The standard InChI is InChI=1S/C22H26O3/c1-5-9-21(17-11-7-13-19(15-17)23-3)25-22(10-6-2)18-12-8-14-20(16-18)24-4/h5-8,11-16,21-22H,1-2,9-10H2,3-4H3. The predicted molar refractivity (Wildman–Crippen MR) is 102 cm³/mol. The number of hydrogen-bond donors (Lipinski definition) is 0. The molecule has 0 saturated heterocycles. The molecule has 0 fully saturated rings. The lowest BCUT2D eigenvalue weighted by atomic mass is 10.0. The lowest BCUT2D eigenvalue weighted by molar-refractivity contribution is -0.0121. The molecule has 0 aliphatic heterocycles. The second kappa shape index (κ2) is 9.70. The second-order valence-corrected chi connectivity index (χ2v) is 5.72. The van der Waals surface area contributed by atoms with Crippen LogP contribution in [0, 0.1) is 0 Å². The fourth-order valence-corrected chi connectivity index (χ4v) is 2.73. The molecular formula is C22H26O3. The van der Waals surface area contributed by atoms with Crippen LogP contribution in [-0.4, -0.2) is 14.2 Å². The number of ether oxygens (including phenoxy) is 3. The van der Waals surface area contributed by atoms with Crippen molar-refractivity contribution in [1.82, 2.24) is 0 Å². The van der Waals surface area contributed by atoms with Gasteiger partial charge in [-0.3, -0.25) is 0 Å². The second-order valence-electron chi connectivity index (χ2n) is 5.72. The molecule has 2 unspecified atom stereocenters. The summed E-state index contributed by atoms with van der Waals surface area (Å²) in [7, 11) is 3.33. The fourth-order valence-electron chi connectivity index (χ4n) is 2.73. The summed E-state index contributed by atoms with van der Waals surface area (Å²) in [5.41, 5.74) is 2.13. The first-order valence-electron chi connectivity index (χ1n) is 8.37. The van der Waals surface area contributed by atoms with E-state index in [9.17, 15) is 0 Å². The van der Waals surface area contributed by atoms with E-state index < -0.39 is 0 Å². The molecule has 0 aromatic heterocycles. The van der Waals surface area contributed by atoms with Gasteiger partial charge in [0.1, 0.15) is 11.5 Å². The third-order valence-electron chi connectivity index (χ3n) is 4.02. The van der Waals surface area contributed by atoms with Crippen LogP contribution in [0.25, 0.3) is 0 Å². The van der Waals surface area contributed by atoms with Crippen LogP contribution in [0.4, 0.5) is 0 Å². The van der Waals surface area contributed by atoms with Crippen molar-refractivity contribution in [3.05, 3.63) is 85.0 Å². The first kappa shape index (κ1) is 18.8. The minimum Gasteiger partial charge on any atom is -0.497 e. The number of methoxy groups -OCH3 is 2. The number of benzene rings is 2. The molecule has 3 heteroatoms. The van der Waals surface area contributed by atoms with Gasteiger partial charge in [-0.25, -0.2) is 0 Å². The Labute approximate surface area is 150 Å². The quantitative estimate of drug-likeness (QED) is 0.524. The molecule has 3 nitrogen and oxygen atoms in total. The van der Waals surface area contributed by atoms with E-state index in [1.165, 1.54) is 0 Å². The highest BCUT2D eigenvalue weighted by Gasteiger charge is 2.19. The van der Waals surface area contributed by atoms with Crippen molar-refractivity contribution >= 4 is 0 Å². The first-order valence-corrected chi connectivity index (χ1v) is 8.37. The van der Waals surface area contributed by atoms with Crippen LogP contribution in [0.2, 0.25) is 0 Å². The lowest BCUT2D eigenvalue weighted by Gasteiger charge is -2.25. The van der Waals surface area contributed by atoms with Crippen LogP contribution >= 0.6 is 0 Å². The van der Waals surface area contributed by atoms with Gasteiger partial charge in [-0.05, 0) is 48.2 Å². The minimum atomic E-state index is -0.108. The van der Waals surface area contributed by atoms with Gasteiger partial charge in [0.05, 0.1) is 26.4 Å². The van der Waals surface area contributed by atoms with Gasteiger partial charge in [0.25, 0.3) is 0 Å². The molecule has 2 rings (SSSR count). The van der Waals surface area contributed by atoms with E-state index in [4.69, 9.17) is 14.2 Å². The molecule has 0 heterocycles. The molecule has 132 valence electrons. The Morgan fingerprint density at radius 3 is 1.60 bits per heavy atom. The zero-order chi connectivity index (χ0) is 18.1. The van der Waals surface area contributed by atoms with Gasteiger partial charge in [0.15, 0.2) is 0 Å². The summed E-state index contributed by atoms with van der Waals surface area (Å²) in [5, 5.41) is 0. The molecule has 0 spiro atoms. The van der Waals surface area contributed by atoms with Crippen LogP contribution in [0.3, 0.4) is 0 Å². The largest absolute Gasteiger partial charge is 0.497 e. The van der Waals surface area contributed by atoms with E-state index in [1.54, 1.807) is 14.2 Å². The van der Waals surface area contributed by atoms with E-state index in [2.05, 4.69) is 13.2 Å². The van der Waals surface area contributed by atoms with Crippen molar-refractivity contribution in [1.29, 1.82) is 0 Å². The summed E-state index contributed by atoms with van der Waals surface area (Å²) in [4.78, 5) is 0. The van der Waals surface area contributed by atoms with Crippen molar-refractivity contribution < 1.29 is 14.2 Å². The summed E-state index contributed by atoms with van der Waals surface area (Å²) < 4.78 is 17.1. The van der Waals surface area contributed by atoms with E-state index in [-0.39, 0.29) is 12.2 Å². The zero-order valence-corrected chi connectivity index (χ0v) is 15.0. The highest BCUT2D eigenvalue weighted by Crippen LogP contribution is 2.34. The zero-order valence-electron chi connectivity index (χ0n) is 15.0. The third kappa shape index (κ3) is 5.23. The fraction of sp³-hybridized carbons (Fsp3) is 0.273. The highest BCUT2D eigenvalue weighted by molar-refractivity contribution is 5.32. The maximum absolute atomic E-state index is 6.45. The van der Waals surface area contributed by atoms with Crippen LogP contribution in [0.15, 0.2) is 73.8 Å². The van der Waals surface area contributed by atoms with Gasteiger partial charge in [-0.2, -0.15) is 0 Å². The molecule has 0 aliphatic carbocycles. The Bertz CT molecular complexity index is 634. The summed E-state index contributed by atoms with van der Waals surface area (Å²) in [6.07, 6.45) is 4.96. The monoisotopic (exact) mass is 338 g/mol. The molecular weight excluding hydrogens is 312 g/mol. The molecule has 2 aromatic rings. The van der Waals surface area contributed by atoms with Crippen molar-refractivity contribution in [3.63, 3.8) is 0 Å². The van der Waals surface area contributed by atoms with Crippen molar-refractivity contribution in [3.8, 4) is 11.5 Å². The molecule has 2 atom stereocenters. The van der Waals surface area contributed by atoms with Crippen LogP contribution in [0.5, 0.6) is 11.5 Å². The third-order valence-corrected chi connectivity index (χ3v) is 4.02. The van der Waals surface area contributed by atoms with Crippen molar-refractivity contribution in [2.24, 2.45) is 0 Å². The summed E-state index contributed by atoms with van der Waals surface area (Å²) >= 11 is 0.